The molecule has 1 aromatic carbocycles. The van der Waals surface area contributed by atoms with E-state index in [2.05, 4.69) is 0 Å². The van der Waals surface area contributed by atoms with Crippen LogP contribution in [0.25, 0.3) is 0 Å². The molecule has 0 N–H and O–H groups in total. The monoisotopic (exact) mass is 337 g/mol. The molecule has 7 heteroatoms. The van der Waals surface area contributed by atoms with Gasteiger partial charge >= 0.3 is 0 Å². The van der Waals surface area contributed by atoms with Gasteiger partial charge in [0.15, 0.2) is 0 Å². The Balaban J connectivity index is 2.03. The normalized spacial score (nSPS) is 30.6. The number of rotatable bonds is 2. The maximum atomic E-state index is 13.4. The number of hydrogen-bond donors (Lipinski definition) is 0. The Bertz CT molecular complexity index is 623. The number of hydrogen-bond acceptors (Lipinski definition) is 2. The van der Waals surface area contributed by atoms with Crippen LogP contribution in [-0.4, -0.2) is 30.2 Å². The van der Waals surface area contributed by atoms with Gasteiger partial charge in [0.2, 0.25) is 10.0 Å². The highest BCUT2D eigenvalue weighted by Gasteiger charge is 2.47. The van der Waals surface area contributed by atoms with Gasteiger partial charge in [-0.15, -0.1) is 11.6 Å². The van der Waals surface area contributed by atoms with Crippen LogP contribution in [0.4, 0.5) is 4.39 Å². The second kappa shape index (κ2) is 5.13. The highest BCUT2D eigenvalue weighted by Crippen LogP contribution is 2.42. The molecule has 2 aliphatic heterocycles. The number of halogens is 3. The van der Waals surface area contributed by atoms with Gasteiger partial charge in [-0.25, -0.2) is 12.8 Å². The van der Waals surface area contributed by atoms with E-state index in [0.717, 1.165) is 25.0 Å². The van der Waals surface area contributed by atoms with E-state index >= 15 is 0 Å². The van der Waals surface area contributed by atoms with Crippen molar-refractivity contribution in [3.8, 4) is 0 Å². The number of nitrogens with zero attached hydrogens (tertiary/aromatic N) is 1. The average molecular weight is 338 g/mol. The topological polar surface area (TPSA) is 37.4 Å². The first kappa shape index (κ1) is 14.6. The van der Waals surface area contributed by atoms with Crippen LogP contribution in [0.1, 0.15) is 25.7 Å². The van der Waals surface area contributed by atoms with Gasteiger partial charge < -0.3 is 0 Å². The van der Waals surface area contributed by atoms with Gasteiger partial charge in [0.05, 0.1) is 5.02 Å². The number of piperidine rings is 1. The average Bonchev–Trinajstić information content (AvgIpc) is 2.66. The second-order valence-electron chi connectivity index (χ2n) is 5.36. The third-order valence-corrected chi connectivity index (χ3v) is 6.90. The molecule has 2 unspecified atom stereocenters. The molecule has 0 aromatic heterocycles. The van der Waals surface area contributed by atoms with Crippen LogP contribution in [0.3, 0.4) is 0 Å². The minimum absolute atomic E-state index is 0.0157. The Morgan fingerprint density at radius 3 is 2.40 bits per heavy atom. The molecule has 2 saturated heterocycles. The predicted molar refractivity (Wildman–Crippen MR) is 76.1 cm³/mol. The standard InChI is InChI=1S/C13H14Cl2FNO2S/c14-8-5-10-2-3-11(6-8)17(10)20(18,19)13-7-9(16)1-4-12(13)15/h1,4,7-8,10-11H,2-3,5-6H2. The molecule has 2 heterocycles. The van der Waals surface area contributed by atoms with Crippen molar-refractivity contribution in [1.82, 2.24) is 4.31 Å². The molecule has 2 bridgehead atoms. The fourth-order valence-corrected chi connectivity index (χ4v) is 6.04. The Kier molecular flexibility index (Phi) is 3.73. The molecule has 2 atom stereocenters. The zero-order chi connectivity index (χ0) is 14.5. The Hall–Kier alpha value is -0.360. The van der Waals surface area contributed by atoms with Gasteiger partial charge in [-0.2, -0.15) is 4.31 Å². The molecule has 1 aromatic rings. The molecule has 110 valence electrons. The molecule has 0 saturated carbocycles. The Labute approximate surface area is 127 Å². The van der Waals surface area contributed by atoms with Crippen molar-refractivity contribution in [1.29, 1.82) is 0 Å². The van der Waals surface area contributed by atoms with Crippen molar-refractivity contribution in [3.05, 3.63) is 29.0 Å². The molecular weight excluding hydrogens is 324 g/mol. The summed E-state index contributed by atoms with van der Waals surface area (Å²) in [6.07, 6.45) is 2.90. The van der Waals surface area contributed by atoms with Crippen molar-refractivity contribution in [2.75, 3.05) is 0 Å². The van der Waals surface area contributed by atoms with Gasteiger partial charge in [-0.3, -0.25) is 0 Å². The zero-order valence-corrected chi connectivity index (χ0v) is 12.9. The predicted octanol–water partition coefficient (Wildman–Crippen LogP) is 3.40. The van der Waals surface area contributed by atoms with Gasteiger partial charge in [0.25, 0.3) is 0 Å². The lowest BCUT2D eigenvalue weighted by Gasteiger charge is -2.35. The Morgan fingerprint density at radius 1 is 1.20 bits per heavy atom. The minimum atomic E-state index is -3.77. The van der Waals surface area contributed by atoms with Crippen LogP contribution in [-0.2, 0) is 10.0 Å². The van der Waals surface area contributed by atoms with Crippen molar-refractivity contribution in [3.63, 3.8) is 0 Å². The summed E-state index contributed by atoms with van der Waals surface area (Å²) < 4.78 is 40.4. The van der Waals surface area contributed by atoms with E-state index in [4.69, 9.17) is 23.2 Å². The van der Waals surface area contributed by atoms with E-state index in [0.29, 0.717) is 12.8 Å². The number of sulfonamides is 1. The lowest BCUT2D eigenvalue weighted by molar-refractivity contribution is 0.251. The SMILES string of the molecule is O=S(=O)(c1cc(F)ccc1Cl)N1C2CCC1CC(Cl)C2. The summed E-state index contributed by atoms with van der Waals surface area (Å²) in [5.41, 5.74) is 0. The van der Waals surface area contributed by atoms with E-state index in [1.165, 1.54) is 10.4 Å². The molecule has 2 fully saturated rings. The maximum absolute atomic E-state index is 13.4. The van der Waals surface area contributed by atoms with Gasteiger partial charge in [0.1, 0.15) is 10.7 Å². The minimum Gasteiger partial charge on any atom is -0.207 e. The first-order chi connectivity index (χ1) is 9.39. The van der Waals surface area contributed by atoms with Crippen LogP contribution >= 0.6 is 23.2 Å². The molecule has 2 aliphatic rings. The van der Waals surface area contributed by atoms with E-state index in [1.807, 2.05) is 0 Å². The fourth-order valence-electron chi connectivity index (χ4n) is 3.25. The van der Waals surface area contributed by atoms with Crippen LogP contribution in [0.2, 0.25) is 5.02 Å². The van der Waals surface area contributed by atoms with E-state index < -0.39 is 15.8 Å². The summed E-state index contributed by atoms with van der Waals surface area (Å²) in [6, 6.07) is 3.23. The van der Waals surface area contributed by atoms with Crippen LogP contribution in [0.5, 0.6) is 0 Å². The summed E-state index contributed by atoms with van der Waals surface area (Å²) in [5, 5.41) is 0.0701. The van der Waals surface area contributed by atoms with Crippen molar-refractivity contribution < 1.29 is 12.8 Å². The third kappa shape index (κ3) is 2.34. The first-order valence-electron chi connectivity index (χ1n) is 6.52. The van der Waals surface area contributed by atoms with Crippen molar-refractivity contribution in [2.24, 2.45) is 0 Å². The van der Waals surface area contributed by atoms with Crippen molar-refractivity contribution >= 4 is 33.2 Å². The summed E-state index contributed by atoms with van der Waals surface area (Å²) in [6.45, 7) is 0. The van der Waals surface area contributed by atoms with Crippen LogP contribution in [0.15, 0.2) is 23.1 Å². The highest BCUT2D eigenvalue weighted by atomic mass is 35.5. The summed E-state index contributed by atoms with van der Waals surface area (Å²) in [5.74, 6) is -0.604. The molecule has 0 aliphatic carbocycles. The molecule has 3 nitrogen and oxygen atoms in total. The number of benzene rings is 1. The highest BCUT2D eigenvalue weighted by molar-refractivity contribution is 7.89. The third-order valence-electron chi connectivity index (χ3n) is 4.06. The van der Waals surface area contributed by atoms with Gasteiger partial charge in [0, 0.05) is 17.5 Å². The largest absolute Gasteiger partial charge is 0.245 e. The van der Waals surface area contributed by atoms with Gasteiger partial charge in [-0.1, -0.05) is 11.6 Å². The van der Waals surface area contributed by atoms with Crippen LogP contribution in [0, 0.1) is 5.82 Å². The molecular formula is C13H14Cl2FNO2S. The first-order valence-corrected chi connectivity index (χ1v) is 8.77. The lowest BCUT2D eigenvalue weighted by atomic mass is 10.1. The summed E-state index contributed by atoms with van der Waals surface area (Å²) in [4.78, 5) is -0.149. The van der Waals surface area contributed by atoms with Crippen molar-refractivity contribution in [2.45, 2.75) is 48.0 Å². The lowest BCUT2D eigenvalue weighted by Crippen LogP contribution is -2.46. The summed E-state index contributed by atoms with van der Waals surface area (Å²) in [7, 11) is -3.77. The van der Waals surface area contributed by atoms with E-state index in [9.17, 15) is 12.8 Å². The Morgan fingerprint density at radius 2 is 1.80 bits per heavy atom. The number of fused-ring (bicyclic) bond motifs is 2. The maximum Gasteiger partial charge on any atom is 0.245 e. The quantitative estimate of drug-likeness (QED) is 0.775. The molecule has 20 heavy (non-hydrogen) atoms. The smallest absolute Gasteiger partial charge is 0.207 e. The van der Waals surface area contributed by atoms with Gasteiger partial charge in [-0.05, 0) is 43.9 Å². The molecule has 0 radical (unpaired) electrons. The molecule has 3 rings (SSSR count). The molecule has 0 amide bonds. The van der Waals surface area contributed by atoms with E-state index in [1.54, 1.807) is 0 Å². The molecule has 0 spiro atoms. The van der Waals surface area contributed by atoms with E-state index in [-0.39, 0.29) is 27.4 Å². The number of alkyl halides is 1. The fraction of sp³-hybridized carbons (Fsp3) is 0.538. The summed E-state index contributed by atoms with van der Waals surface area (Å²) >= 11 is 12.1. The zero-order valence-electron chi connectivity index (χ0n) is 10.6. The van der Waals surface area contributed by atoms with Crippen LogP contribution < -0.4 is 0 Å². The second-order valence-corrected chi connectivity index (χ2v) is 8.20.